The zero-order valence-electron chi connectivity index (χ0n) is 14.2. The second-order valence-corrected chi connectivity index (χ2v) is 10.7. The van der Waals surface area contributed by atoms with Crippen LogP contribution in [0.25, 0.3) is 0 Å². The van der Waals surface area contributed by atoms with Gasteiger partial charge in [-0.2, -0.15) is 0 Å². The van der Waals surface area contributed by atoms with Crippen LogP contribution in [0, 0.1) is 0 Å². The largest absolute Gasteiger partial charge is 0.473 e. The predicted molar refractivity (Wildman–Crippen MR) is 94.7 cm³/mol. The van der Waals surface area contributed by atoms with E-state index in [9.17, 15) is 19.4 Å². The molecule has 1 rings (SSSR count). The third-order valence-corrected chi connectivity index (χ3v) is 7.02. The molecule has 0 amide bonds. The lowest BCUT2D eigenvalue weighted by Gasteiger charge is -2.31. The molecule has 0 aromatic carbocycles. The fraction of sp³-hybridized carbons (Fsp3) is 0.923. The minimum Gasteiger partial charge on any atom is -0.394 e. The number of carbonyl (C=O) groups is 1. The summed E-state index contributed by atoms with van der Waals surface area (Å²) in [6.45, 7) is -0.933. The number of carbonyl (C=O) groups excluding carboxylic acids is 1. The molecule has 24 heavy (non-hydrogen) atoms. The van der Waals surface area contributed by atoms with Gasteiger partial charge >= 0.3 is 7.82 Å². The Morgan fingerprint density at radius 3 is 2.58 bits per heavy atom. The first-order valence-electron chi connectivity index (χ1n) is 7.61. The van der Waals surface area contributed by atoms with Crippen molar-refractivity contribution >= 4 is 35.2 Å². The van der Waals surface area contributed by atoms with E-state index in [0.29, 0.717) is 10.9 Å². The van der Waals surface area contributed by atoms with Gasteiger partial charge in [-0.15, -0.1) is 0 Å². The lowest BCUT2D eigenvalue weighted by atomic mass is 10.1. The standard InChI is InChI=1S/C13H26NO7PS2/c1-14(2,3)7-11(13(17)12-5-4-6-23-24-12)21-22(18,19)20-9-10(16)8-15/h10-12,15-16H,4-9H2,1-3H3/p+1. The molecule has 3 N–H and O–H groups in total. The zero-order chi connectivity index (χ0) is 18.4. The molecular formula is C13H27NO7PS2+. The highest BCUT2D eigenvalue weighted by molar-refractivity contribution is 8.77. The lowest BCUT2D eigenvalue weighted by Crippen LogP contribution is -2.47. The van der Waals surface area contributed by atoms with Gasteiger partial charge in [-0.1, -0.05) is 21.6 Å². The van der Waals surface area contributed by atoms with Crippen LogP contribution >= 0.6 is 29.4 Å². The number of hydrogen-bond acceptors (Lipinski definition) is 8. The summed E-state index contributed by atoms with van der Waals surface area (Å²) < 4.78 is 22.2. The van der Waals surface area contributed by atoms with Gasteiger partial charge in [-0.25, -0.2) is 4.57 Å². The maximum Gasteiger partial charge on any atom is 0.473 e. The highest BCUT2D eigenvalue weighted by Gasteiger charge is 2.39. The molecule has 4 unspecified atom stereocenters. The molecule has 0 spiro atoms. The number of nitrogens with zero attached hydrogens (tertiary/aromatic N) is 1. The molecule has 0 aromatic heterocycles. The topological polar surface area (TPSA) is 113 Å². The Morgan fingerprint density at radius 2 is 2.08 bits per heavy atom. The molecule has 0 radical (unpaired) electrons. The van der Waals surface area contributed by atoms with Gasteiger partial charge < -0.3 is 19.6 Å². The molecular weight excluding hydrogens is 377 g/mol. The third kappa shape index (κ3) is 8.64. The summed E-state index contributed by atoms with van der Waals surface area (Å²) in [5.41, 5.74) is 0. The van der Waals surface area contributed by atoms with Crippen molar-refractivity contribution < 1.29 is 38.0 Å². The van der Waals surface area contributed by atoms with E-state index < -0.39 is 33.2 Å². The average Bonchev–Trinajstić information content (AvgIpc) is 2.50. The number of quaternary nitrogens is 1. The molecule has 1 heterocycles. The molecule has 4 atom stereocenters. The van der Waals surface area contributed by atoms with E-state index in [-0.39, 0.29) is 17.6 Å². The van der Waals surface area contributed by atoms with Crippen LogP contribution in [-0.4, -0.2) is 89.5 Å². The van der Waals surface area contributed by atoms with Crippen LogP contribution in [0.4, 0.5) is 0 Å². The van der Waals surface area contributed by atoms with Crippen molar-refractivity contribution in [1.82, 2.24) is 0 Å². The summed E-state index contributed by atoms with van der Waals surface area (Å²) in [5, 5.41) is 17.7. The summed E-state index contributed by atoms with van der Waals surface area (Å²) in [7, 11) is 4.11. The van der Waals surface area contributed by atoms with E-state index in [1.165, 1.54) is 10.8 Å². The molecule has 8 nitrogen and oxygen atoms in total. The summed E-state index contributed by atoms with van der Waals surface area (Å²) in [6, 6.07) is 0. The van der Waals surface area contributed by atoms with Crippen LogP contribution in [0.5, 0.6) is 0 Å². The predicted octanol–water partition coefficient (Wildman–Crippen LogP) is 0.661. The normalized spacial score (nSPS) is 24.2. The molecule has 0 aliphatic carbocycles. The van der Waals surface area contributed by atoms with Crippen LogP contribution in [-0.2, 0) is 18.4 Å². The van der Waals surface area contributed by atoms with E-state index in [1.807, 2.05) is 21.1 Å². The summed E-state index contributed by atoms with van der Waals surface area (Å²) in [6.07, 6.45) is -0.732. The number of Topliss-reactive ketones (excluding diaryl/α,β-unsaturated/α-hetero) is 1. The highest BCUT2D eigenvalue weighted by Crippen LogP contribution is 2.46. The van der Waals surface area contributed by atoms with Crippen molar-refractivity contribution in [3.05, 3.63) is 0 Å². The fourth-order valence-electron chi connectivity index (χ4n) is 2.00. The lowest BCUT2D eigenvalue weighted by molar-refractivity contribution is -0.872. The molecule has 1 saturated heterocycles. The third-order valence-electron chi connectivity index (χ3n) is 3.13. The van der Waals surface area contributed by atoms with Crippen molar-refractivity contribution in [3.63, 3.8) is 0 Å². The van der Waals surface area contributed by atoms with Crippen LogP contribution < -0.4 is 0 Å². The first-order valence-corrected chi connectivity index (χ1v) is 11.5. The highest BCUT2D eigenvalue weighted by atomic mass is 33.1. The van der Waals surface area contributed by atoms with Crippen LogP contribution in [0.1, 0.15) is 12.8 Å². The molecule has 1 fully saturated rings. The van der Waals surface area contributed by atoms with Crippen LogP contribution in [0.2, 0.25) is 0 Å². The first kappa shape index (κ1) is 22.4. The van der Waals surface area contributed by atoms with Crippen molar-refractivity contribution in [1.29, 1.82) is 0 Å². The number of rotatable bonds is 10. The van der Waals surface area contributed by atoms with E-state index in [0.717, 1.165) is 12.2 Å². The Labute approximate surface area is 150 Å². The van der Waals surface area contributed by atoms with E-state index in [1.54, 1.807) is 10.8 Å². The van der Waals surface area contributed by atoms with Gasteiger partial charge in [-0.3, -0.25) is 13.8 Å². The minimum atomic E-state index is -4.52. The van der Waals surface area contributed by atoms with Crippen molar-refractivity contribution in [2.75, 3.05) is 46.7 Å². The minimum absolute atomic E-state index is 0.219. The number of likely N-dealkylation sites (N-methyl/N-ethyl adjacent to an activating group) is 1. The molecule has 11 heteroatoms. The molecule has 142 valence electrons. The Hall–Kier alpha value is 0.360. The Morgan fingerprint density at radius 1 is 1.42 bits per heavy atom. The maximum atomic E-state index is 12.7. The van der Waals surface area contributed by atoms with Gasteiger partial charge in [0.25, 0.3) is 0 Å². The second kappa shape index (κ2) is 9.89. The van der Waals surface area contributed by atoms with Crippen molar-refractivity contribution in [3.8, 4) is 0 Å². The van der Waals surface area contributed by atoms with Gasteiger partial charge in [0.2, 0.25) is 0 Å². The summed E-state index contributed by atoms with van der Waals surface area (Å²) in [5.74, 6) is 0.761. The molecule has 0 bridgehead atoms. The van der Waals surface area contributed by atoms with Gasteiger partial charge in [-0.05, 0) is 12.8 Å². The molecule has 1 aliphatic rings. The number of ketones is 1. The van der Waals surface area contributed by atoms with Crippen LogP contribution in [0.15, 0.2) is 0 Å². The number of aliphatic hydroxyl groups excluding tert-OH is 2. The quantitative estimate of drug-likeness (QED) is 0.274. The number of phosphoric ester groups is 1. The van der Waals surface area contributed by atoms with Gasteiger partial charge in [0.1, 0.15) is 12.6 Å². The Bertz CT molecular complexity index is 454. The van der Waals surface area contributed by atoms with Crippen LogP contribution in [0.3, 0.4) is 0 Å². The molecule has 0 aromatic rings. The number of aliphatic hydroxyl groups is 2. The van der Waals surface area contributed by atoms with E-state index in [4.69, 9.17) is 9.63 Å². The monoisotopic (exact) mass is 404 g/mol. The first-order chi connectivity index (χ1) is 11.0. The number of hydrogen-bond donors (Lipinski definition) is 3. The van der Waals surface area contributed by atoms with Crippen molar-refractivity contribution in [2.24, 2.45) is 0 Å². The SMILES string of the molecule is C[N+](C)(C)CC(OP(=O)(O)OCC(O)CO)C(=O)C1CCCSS1. The summed E-state index contributed by atoms with van der Waals surface area (Å²) >= 11 is 0. The van der Waals surface area contributed by atoms with Gasteiger partial charge in [0, 0.05) is 5.75 Å². The van der Waals surface area contributed by atoms with E-state index >= 15 is 0 Å². The van der Waals surface area contributed by atoms with Crippen molar-refractivity contribution in [2.45, 2.75) is 30.3 Å². The van der Waals surface area contributed by atoms with Gasteiger partial charge in [0.15, 0.2) is 11.9 Å². The molecule has 0 saturated carbocycles. The Kier molecular flexibility index (Phi) is 9.23. The molecule has 1 aliphatic heterocycles. The van der Waals surface area contributed by atoms with E-state index in [2.05, 4.69) is 4.52 Å². The zero-order valence-corrected chi connectivity index (χ0v) is 16.7. The number of phosphoric acid groups is 1. The fourth-order valence-corrected chi connectivity index (χ4v) is 5.68. The Balaban J connectivity index is 2.77. The smallest absolute Gasteiger partial charge is 0.394 e. The summed E-state index contributed by atoms with van der Waals surface area (Å²) in [4.78, 5) is 22.5. The average molecular weight is 404 g/mol. The second-order valence-electron chi connectivity index (χ2n) is 6.62. The van der Waals surface area contributed by atoms with Gasteiger partial charge in [0.05, 0.1) is 39.6 Å². The maximum absolute atomic E-state index is 12.7.